The van der Waals surface area contributed by atoms with E-state index in [4.69, 9.17) is 4.52 Å². The van der Waals surface area contributed by atoms with Gasteiger partial charge in [0.25, 0.3) is 0 Å². The molecule has 0 atom stereocenters. The molecule has 2 rings (SSSR count). The molecule has 1 N–H and O–H groups in total. The predicted octanol–water partition coefficient (Wildman–Crippen LogP) is 1.69. The van der Waals surface area contributed by atoms with Gasteiger partial charge in [0.05, 0.1) is 0 Å². The van der Waals surface area contributed by atoms with Gasteiger partial charge >= 0.3 is 6.03 Å². The van der Waals surface area contributed by atoms with Crippen molar-refractivity contribution in [3.8, 4) is 0 Å². The van der Waals surface area contributed by atoms with Crippen LogP contribution in [-0.4, -0.2) is 65.7 Å². The van der Waals surface area contributed by atoms with Gasteiger partial charge in [0.15, 0.2) is 5.82 Å². The van der Waals surface area contributed by atoms with Crippen LogP contribution in [0.5, 0.6) is 0 Å². The Hall–Kier alpha value is -1.63. The fourth-order valence-electron chi connectivity index (χ4n) is 2.70. The molecule has 7 nitrogen and oxygen atoms in total. The quantitative estimate of drug-likeness (QED) is 0.826. The van der Waals surface area contributed by atoms with Crippen molar-refractivity contribution in [1.82, 2.24) is 25.3 Å². The maximum Gasteiger partial charge on any atom is 0.317 e. The third kappa shape index (κ3) is 6.17. The Morgan fingerprint density at radius 1 is 1.30 bits per heavy atom. The highest BCUT2D eigenvalue weighted by atomic mass is 16.5. The van der Waals surface area contributed by atoms with Gasteiger partial charge in [-0.25, -0.2) is 4.79 Å². The van der Waals surface area contributed by atoms with Crippen molar-refractivity contribution in [2.24, 2.45) is 0 Å². The van der Waals surface area contributed by atoms with E-state index in [1.807, 2.05) is 14.0 Å². The highest BCUT2D eigenvalue weighted by Gasteiger charge is 2.13. The lowest BCUT2D eigenvalue weighted by Crippen LogP contribution is -2.42. The van der Waals surface area contributed by atoms with Crippen LogP contribution in [0.2, 0.25) is 0 Å². The first-order valence-electron chi connectivity index (χ1n) is 8.72. The summed E-state index contributed by atoms with van der Waals surface area (Å²) in [5.74, 6) is 1.29. The molecule has 23 heavy (non-hydrogen) atoms. The Kier molecular flexibility index (Phi) is 7.32. The van der Waals surface area contributed by atoms with Crippen molar-refractivity contribution < 1.29 is 9.32 Å². The van der Waals surface area contributed by atoms with E-state index in [2.05, 4.69) is 20.4 Å². The Morgan fingerprint density at radius 2 is 2.04 bits per heavy atom. The molecule has 1 aromatic heterocycles. The summed E-state index contributed by atoms with van der Waals surface area (Å²) in [6, 6.07) is -0.0426. The van der Waals surface area contributed by atoms with Gasteiger partial charge in [0, 0.05) is 39.5 Å². The van der Waals surface area contributed by atoms with Gasteiger partial charge in [0.2, 0.25) is 5.89 Å². The fraction of sp³-hybridized carbons (Fsp3) is 0.812. The molecule has 0 bridgehead atoms. The van der Waals surface area contributed by atoms with E-state index in [-0.39, 0.29) is 6.03 Å². The first-order chi connectivity index (χ1) is 11.2. The Bertz CT molecular complexity index is 469. The molecule has 7 heteroatoms. The maximum absolute atomic E-state index is 12.1. The Labute approximate surface area is 138 Å². The molecule has 2 amide bonds. The fourth-order valence-corrected chi connectivity index (χ4v) is 2.70. The Morgan fingerprint density at radius 3 is 2.70 bits per heavy atom. The molecule has 1 aliphatic heterocycles. The van der Waals surface area contributed by atoms with Crippen molar-refractivity contribution in [1.29, 1.82) is 0 Å². The van der Waals surface area contributed by atoms with Crippen LogP contribution in [0.4, 0.5) is 4.79 Å². The largest absolute Gasteiger partial charge is 0.339 e. The molecule has 1 fully saturated rings. The van der Waals surface area contributed by atoms with Crippen molar-refractivity contribution >= 4 is 6.03 Å². The molecular formula is C16H29N5O2. The summed E-state index contributed by atoms with van der Waals surface area (Å²) in [6.45, 7) is 6.52. The minimum atomic E-state index is -0.0426. The summed E-state index contributed by atoms with van der Waals surface area (Å²) in [6.07, 6.45) is 6.56. The van der Waals surface area contributed by atoms with E-state index in [1.165, 1.54) is 25.7 Å². The number of urea groups is 1. The molecular weight excluding hydrogens is 294 g/mol. The summed E-state index contributed by atoms with van der Waals surface area (Å²) >= 11 is 0. The third-order valence-corrected chi connectivity index (χ3v) is 4.23. The SMILES string of the molecule is CCc1nc(CCNC(=O)N(C)CCN2CCCCCC2)no1. The topological polar surface area (TPSA) is 74.5 Å². The molecule has 0 unspecified atom stereocenters. The molecule has 1 aromatic rings. The van der Waals surface area contributed by atoms with Crippen LogP contribution in [0.25, 0.3) is 0 Å². The highest BCUT2D eigenvalue weighted by molar-refractivity contribution is 5.73. The van der Waals surface area contributed by atoms with Gasteiger partial charge in [0.1, 0.15) is 0 Å². The van der Waals surface area contributed by atoms with E-state index in [0.717, 1.165) is 32.6 Å². The Balaban J connectivity index is 1.62. The van der Waals surface area contributed by atoms with Crippen LogP contribution < -0.4 is 5.32 Å². The van der Waals surface area contributed by atoms with Crippen molar-refractivity contribution in [3.63, 3.8) is 0 Å². The molecule has 1 saturated heterocycles. The first-order valence-corrected chi connectivity index (χ1v) is 8.72. The zero-order valence-electron chi connectivity index (χ0n) is 14.4. The van der Waals surface area contributed by atoms with Crippen LogP contribution in [0.15, 0.2) is 4.52 Å². The number of aryl methyl sites for hydroxylation is 1. The highest BCUT2D eigenvalue weighted by Crippen LogP contribution is 2.09. The van der Waals surface area contributed by atoms with Gasteiger partial charge in [-0.15, -0.1) is 0 Å². The van der Waals surface area contributed by atoms with Gasteiger partial charge in [-0.1, -0.05) is 24.9 Å². The summed E-state index contributed by atoms with van der Waals surface area (Å²) in [5.41, 5.74) is 0. The molecule has 0 radical (unpaired) electrons. The first kappa shape index (κ1) is 17.7. The van der Waals surface area contributed by atoms with E-state index >= 15 is 0 Å². The zero-order chi connectivity index (χ0) is 16.5. The second-order valence-corrected chi connectivity index (χ2v) is 6.12. The second-order valence-electron chi connectivity index (χ2n) is 6.12. The number of nitrogens with one attached hydrogen (secondary N) is 1. The van der Waals surface area contributed by atoms with Gasteiger partial charge in [-0.3, -0.25) is 0 Å². The van der Waals surface area contributed by atoms with Crippen LogP contribution >= 0.6 is 0 Å². The zero-order valence-corrected chi connectivity index (χ0v) is 14.4. The third-order valence-electron chi connectivity index (χ3n) is 4.23. The standard InChI is InChI=1S/C16H29N5O2/c1-3-15-18-14(19-23-15)8-9-17-16(22)20(2)12-13-21-10-6-4-5-7-11-21/h3-13H2,1-2H3,(H,17,22). The lowest BCUT2D eigenvalue weighted by atomic mass is 10.2. The number of hydrogen-bond donors (Lipinski definition) is 1. The van der Waals surface area contributed by atoms with Crippen LogP contribution in [0.3, 0.4) is 0 Å². The average Bonchev–Trinajstić information content (AvgIpc) is 2.86. The molecule has 0 saturated carbocycles. The number of carbonyl (C=O) groups excluding carboxylic acids is 1. The normalized spacial score (nSPS) is 16.1. The number of likely N-dealkylation sites (tertiary alicyclic amines) is 1. The van der Waals surface area contributed by atoms with Gasteiger partial charge in [-0.05, 0) is 25.9 Å². The lowest BCUT2D eigenvalue weighted by molar-refractivity contribution is 0.195. The molecule has 2 heterocycles. The van der Waals surface area contributed by atoms with Gasteiger partial charge in [-0.2, -0.15) is 4.98 Å². The molecule has 0 spiro atoms. The van der Waals surface area contributed by atoms with E-state index in [0.29, 0.717) is 24.7 Å². The van der Waals surface area contributed by atoms with Crippen LogP contribution in [0, 0.1) is 0 Å². The van der Waals surface area contributed by atoms with Gasteiger partial charge < -0.3 is 19.6 Å². The smallest absolute Gasteiger partial charge is 0.317 e. The number of rotatable bonds is 7. The number of nitrogens with zero attached hydrogens (tertiary/aromatic N) is 4. The predicted molar refractivity (Wildman–Crippen MR) is 88.3 cm³/mol. The maximum atomic E-state index is 12.1. The van der Waals surface area contributed by atoms with Crippen molar-refractivity contribution in [2.45, 2.75) is 45.4 Å². The molecule has 1 aliphatic rings. The van der Waals surface area contributed by atoms with E-state index in [1.54, 1.807) is 4.90 Å². The number of amides is 2. The molecule has 0 aromatic carbocycles. The minimum Gasteiger partial charge on any atom is -0.339 e. The minimum absolute atomic E-state index is 0.0426. The summed E-state index contributed by atoms with van der Waals surface area (Å²) in [7, 11) is 1.84. The van der Waals surface area contributed by atoms with E-state index in [9.17, 15) is 4.79 Å². The summed E-state index contributed by atoms with van der Waals surface area (Å²) in [4.78, 5) is 20.5. The number of carbonyl (C=O) groups is 1. The van der Waals surface area contributed by atoms with Crippen LogP contribution in [0.1, 0.15) is 44.3 Å². The summed E-state index contributed by atoms with van der Waals surface area (Å²) in [5, 5.41) is 6.78. The van der Waals surface area contributed by atoms with Crippen molar-refractivity contribution in [2.75, 3.05) is 39.8 Å². The molecule has 0 aliphatic carbocycles. The lowest BCUT2D eigenvalue weighted by Gasteiger charge is -2.24. The monoisotopic (exact) mass is 323 g/mol. The number of likely N-dealkylation sites (N-methyl/N-ethyl adjacent to an activating group) is 1. The summed E-state index contributed by atoms with van der Waals surface area (Å²) < 4.78 is 5.04. The average molecular weight is 323 g/mol. The van der Waals surface area contributed by atoms with E-state index < -0.39 is 0 Å². The second kappa shape index (κ2) is 9.50. The van der Waals surface area contributed by atoms with Crippen molar-refractivity contribution in [3.05, 3.63) is 11.7 Å². The number of aromatic nitrogens is 2. The van der Waals surface area contributed by atoms with Crippen LogP contribution in [-0.2, 0) is 12.8 Å². The molecule has 130 valence electrons. The number of hydrogen-bond acceptors (Lipinski definition) is 5.